The van der Waals surface area contributed by atoms with E-state index in [4.69, 9.17) is 0 Å². The number of thiol groups is 1. The molecule has 3 nitrogen and oxygen atoms in total. The third kappa shape index (κ3) is 9.21. The summed E-state index contributed by atoms with van der Waals surface area (Å²) in [6.07, 6.45) is 1.19. The number of hydrogen-bond donors (Lipinski definition) is 3. The Morgan fingerprint density at radius 3 is 2.04 bits per heavy atom. The summed E-state index contributed by atoms with van der Waals surface area (Å²) in [7, 11) is 1.04. The summed E-state index contributed by atoms with van der Waals surface area (Å²) in [5, 5.41) is 6.16. The van der Waals surface area contributed by atoms with Gasteiger partial charge in [-0.1, -0.05) is 82.8 Å². The van der Waals surface area contributed by atoms with Crippen molar-refractivity contribution in [2.24, 2.45) is 11.8 Å². The molecule has 0 bridgehead atoms. The van der Waals surface area contributed by atoms with Crippen LogP contribution in [-0.2, 0) is 0 Å². The van der Waals surface area contributed by atoms with Crippen molar-refractivity contribution in [1.82, 2.24) is 10.6 Å². The highest BCUT2D eigenvalue weighted by Gasteiger charge is 2.30. The van der Waals surface area contributed by atoms with Crippen molar-refractivity contribution in [2.45, 2.75) is 94.7 Å². The molecular weight excluding hydrogens is 430 g/mol. The highest BCUT2D eigenvalue weighted by molar-refractivity contribution is 14.1. The largest absolute Gasteiger partial charge is 0.333 e. The van der Waals surface area contributed by atoms with E-state index in [9.17, 15) is 4.79 Å². The quantitative estimate of drug-likeness (QED) is 0.140. The van der Waals surface area contributed by atoms with Gasteiger partial charge >= 0.3 is 6.03 Å². The van der Waals surface area contributed by atoms with Crippen LogP contribution >= 0.6 is 35.2 Å². The molecule has 0 saturated carbocycles. The van der Waals surface area contributed by atoms with Crippen LogP contribution in [0.5, 0.6) is 0 Å². The van der Waals surface area contributed by atoms with Crippen LogP contribution in [-0.4, -0.2) is 28.1 Å². The van der Waals surface area contributed by atoms with E-state index < -0.39 is 0 Å². The first kappa shape index (κ1) is 24.4. The smallest absolute Gasteiger partial charge is 0.316 e. The van der Waals surface area contributed by atoms with Crippen molar-refractivity contribution in [3.63, 3.8) is 0 Å². The van der Waals surface area contributed by atoms with Gasteiger partial charge in [-0.2, -0.15) is 12.6 Å². The maximum Gasteiger partial charge on any atom is 0.316 e. The number of alkyl halides is 1. The molecular formula is C18H38BIN2OS. The topological polar surface area (TPSA) is 41.1 Å². The molecule has 0 aliphatic carbocycles. The van der Waals surface area contributed by atoms with Crippen molar-refractivity contribution < 1.29 is 4.79 Å². The van der Waals surface area contributed by atoms with Crippen LogP contribution in [0.3, 0.4) is 0 Å². The monoisotopic (exact) mass is 468 g/mol. The first-order valence-corrected chi connectivity index (χ1v) is 10.8. The van der Waals surface area contributed by atoms with Crippen LogP contribution < -0.4 is 10.6 Å². The summed E-state index contributed by atoms with van der Waals surface area (Å²) in [6, 6.07) is -0.132. The van der Waals surface area contributed by atoms with Crippen LogP contribution in [0, 0.1) is 11.8 Å². The van der Waals surface area contributed by atoms with Gasteiger partial charge in [0.15, 0.2) is 0 Å². The van der Waals surface area contributed by atoms with Gasteiger partial charge in [0.05, 0.1) is 5.37 Å². The number of carbonyl (C=O) groups is 1. The minimum atomic E-state index is -0.230. The second-order valence-electron chi connectivity index (χ2n) is 9.12. The first-order chi connectivity index (χ1) is 10.7. The molecule has 0 fully saturated rings. The maximum absolute atomic E-state index is 12.2. The summed E-state index contributed by atoms with van der Waals surface area (Å²) in [4.78, 5) is 12.2. The summed E-state index contributed by atoms with van der Waals surface area (Å²) < 4.78 is 0.672. The highest BCUT2D eigenvalue weighted by Crippen LogP contribution is 2.38. The zero-order chi connectivity index (χ0) is 19.3. The van der Waals surface area contributed by atoms with Crippen molar-refractivity contribution in [2.75, 3.05) is 0 Å². The van der Waals surface area contributed by atoms with Gasteiger partial charge in [-0.3, -0.25) is 0 Å². The SMILES string of the molecule is CC(I)C(C)CC(C)(C)BC(C)C(S)NC(=O)NC(C)(C)C(C)C. The molecule has 0 rings (SSSR count). The molecule has 0 aromatic carbocycles. The molecule has 0 saturated heterocycles. The molecule has 0 aromatic rings. The van der Waals surface area contributed by atoms with Gasteiger partial charge < -0.3 is 10.6 Å². The average molecular weight is 468 g/mol. The zero-order valence-corrected chi connectivity index (χ0v) is 20.1. The Bertz CT molecular complexity index is 402. The number of halogens is 1. The Kier molecular flexibility index (Phi) is 10.1. The van der Waals surface area contributed by atoms with Crippen molar-refractivity contribution >= 4 is 48.5 Å². The maximum atomic E-state index is 12.2. The first-order valence-electron chi connectivity index (χ1n) is 9.08. The third-order valence-corrected chi connectivity index (χ3v) is 7.10. The Labute approximate surface area is 170 Å². The normalized spacial score (nSPS) is 17.8. The second-order valence-corrected chi connectivity index (χ2v) is 11.6. The fourth-order valence-electron chi connectivity index (χ4n) is 2.85. The Morgan fingerprint density at radius 1 is 1.12 bits per heavy atom. The number of rotatable bonds is 9. The molecule has 0 spiro atoms. The molecule has 2 N–H and O–H groups in total. The lowest BCUT2D eigenvalue weighted by Crippen LogP contribution is -2.53. The fraction of sp³-hybridized carbons (Fsp3) is 0.944. The molecule has 0 aliphatic heterocycles. The van der Waals surface area contributed by atoms with Gasteiger partial charge in [-0.25, -0.2) is 4.79 Å². The van der Waals surface area contributed by atoms with Gasteiger partial charge in [0.2, 0.25) is 0 Å². The Hall–Kier alpha value is 0.415. The van der Waals surface area contributed by atoms with E-state index in [0.717, 1.165) is 7.28 Å². The van der Waals surface area contributed by atoms with E-state index in [1.165, 1.54) is 6.42 Å². The Balaban J connectivity index is 4.56. The number of carbonyl (C=O) groups excluding carboxylic acids is 1. The second kappa shape index (κ2) is 9.93. The van der Waals surface area contributed by atoms with Gasteiger partial charge in [0.1, 0.15) is 7.28 Å². The minimum Gasteiger partial charge on any atom is -0.333 e. The van der Waals surface area contributed by atoms with Gasteiger partial charge in [-0.05, 0) is 31.5 Å². The molecule has 0 radical (unpaired) electrons. The summed E-state index contributed by atoms with van der Waals surface area (Å²) in [5.41, 5.74) is -0.230. The molecule has 6 heteroatoms. The molecule has 142 valence electrons. The predicted molar refractivity (Wildman–Crippen MR) is 121 cm³/mol. The molecule has 2 amide bonds. The fourth-order valence-corrected chi connectivity index (χ4v) is 3.33. The number of amides is 2. The van der Waals surface area contributed by atoms with E-state index in [-0.39, 0.29) is 22.3 Å². The van der Waals surface area contributed by atoms with Gasteiger partial charge in [-0.15, -0.1) is 0 Å². The lowest BCUT2D eigenvalue weighted by Gasteiger charge is -2.34. The Morgan fingerprint density at radius 2 is 1.62 bits per heavy atom. The van der Waals surface area contributed by atoms with Gasteiger partial charge in [0, 0.05) is 9.46 Å². The summed E-state index contributed by atoms with van der Waals surface area (Å²) >= 11 is 7.14. The van der Waals surface area contributed by atoms with Crippen LogP contribution in [0.1, 0.15) is 68.7 Å². The van der Waals surface area contributed by atoms with Crippen molar-refractivity contribution in [3.8, 4) is 0 Å². The third-order valence-electron chi connectivity index (χ3n) is 5.23. The lowest BCUT2D eigenvalue weighted by atomic mass is 9.45. The minimum absolute atomic E-state index is 0.132. The van der Waals surface area contributed by atoms with E-state index in [2.05, 4.69) is 94.3 Å². The van der Waals surface area contributed by atoms with E-state index >= 15 is 0 Å². The molecule has 0 aromatic heterocycles. The molecule has 4 unspecified atom stereocenters. The summed E-state index contributed by atoms with van der Waals surface area (Å²) in [5.74, 6) is 1.37. The van der Waals surface area contributed by atoms with Crippen molar-refractivity contribution in [1.29, 1.82) is 0 Å². The number of hydrogen-bond acceptors (Lipinski definition) is 2. The summed E-state index contributed by atoms with van der Waals surface area (Å²) in [6.45, 7) is 19.7. The van der Waals surface area contributed by atoms with Crippen LogP contribution in [0.2, 0.25) is 11.1 Å². The lowest BCUT2D eigenvalue weighted by molar-refractivity contribution is 0.217. The van der Waals surface area contributed by atoms with E-state index in [1.807, 2.05) is 13.8 Å². The van der Waals surface area contributed by atoms with E-state index in [1.54, 1.807) is 0 Å². The number of nitrogens with one attached hydrogen (secondary N) is 2. The van der Waals surface area contributed by atoms with Crippen LogP contribution in [0.25, 0.3) is 0 Å². The van der Waals surface area contributed by atoms with Crippen molar-refractivity contribution in [3.05, 3.63) is 0 Å². The predicted octanol–water partition coefficient (Wildman–Crippen LogP) is 5.27. The van der Waals surface area contributed by atoms with Crippen LogP contribution in [0.4, 0.5) is 4.79 Å². The average Bonchev–Trinajstić information content (AvgIpc) is 2.35. The number of urea groups is 1. The molecule has 0 heterocycles. The standard InChI is InChI=1S/C18H38BIN2OS/c1-11(2)18(8,9)22-16(23)21-15(24)13(4)19-17(6,7)10-12(3)14(5)20/h11-15,19,24H,10H2,1-9H3,(H2,21,22,23). The van der Waals surface area contributed by atoms with Gasteiger partial charge in [0.25, 0.3) is 0 Å². The molecule has 0 aliphatic rings. The van der Waals surface area contributed by atoms with Crippen LogP contribution in [0.15, 0.2) is 0 Å². The molecule has 24 heavy (non-hydrogen) atoms. The zero-order valence-electron chi connectivity index (χ0n) is 17.0. The molecule has 4 atom stereocenters. The highest BCUT2D eigenvalue weighted by atomic mass is 127. The van der Waals surface area contributed by atoms with E-state index in [0.29, 0.717) is 21.6 Å².